The molecule has 0 spiro atoms. The molecule has 1 fully saturated rings. The molecular formula is C12H13N3O. The van der Waals surface area contributed by atoms with Crippen molar-refractivity contribution >= 4 is 0 Å². The minimum atomic E-state index is -0.764. The van der Waals surface area contributed by atoms with Crippen LogP contribution in [0.4, 0.5) is 0 Å². The summed E-state index contributed by atoms with van der Waals surface area (Å²) >= 11 is 0. The second-order valence-electron chi connectivity index (χ2n) is 4.17. The van der Waals surface area contributed by atoms with E-state index in [-0.39, 0.29) is 0 Å². The molecule has 0 bridgehead atoms. The molecule has 0 amide bonds. The predicted molar refractivity (Wildman–Crippen MR) is 60.8 cm³/mol. The highest BCUT2D eigenvalue weighted by atomic mass is 16.3. The van der Waals surface area contributed by atoms with Crippen LogP contribution in [0.25, 0.3) is 11.3 Å². The lowest BCUT2D eigenvalue weighted by Gasteiger charge is -2.36. The Morgan fingerprint density at radius 2 is 1.94 bits per heavy atom. The Hall–Kier alpha value is -1.65. The second kappa shape index (κ2) is 3.43. The van der Waals surface area contributed by atoms with Crippen molar-refractivity contribution in [2.45, 2.75) is 5.60 Å². The highest BCUT2D eigenvalue weighted by molar-refractivity contribution is 5.59. The summed E-state index contributed by atoms with van der Waals surface area (Å²) < 4.78 is 0. The third-order valence-electron chi connectivity index (χ3n) is 2.98. The number of rotatable bonds is 2. The first kappa shape index (κ1) is 9.57. The van der Waals surface area contributed by atoms with Crippen molar-refractivity contribution in [1.82, 2.24) is 15.5 Å². The first-order valence-corrected chi connectivity index (χ1v) is 5.32. The van der Waals surface area contributed by atoms with E-state index in [0.29, 0.717) is 13.1 Å². The molecule has 1 aromatic heterocycles. The Labute approximate surface area is 93.3 Å². The van der Waals surface area contributed by atoms with Gasteiger partial charge in [-0.25, -0.2) is 0 Å². The van der Waals surface area contributed by atoms with Crippen LogP contribution in [0.3, 0.4) is 0 Å². The zero-order valence-corrected chi connectivity index (χ0v) is 8.77. The average molecular weight is 215 g/mol. The van der Waals surface area contributed by atoms with Crippen LogP contribution in [0.1, 0.15) is 5.69 Å². The molecule has 0 aliphatic carbocycles. The summed E-state index contributed by atoms with van der Waals surface area (Å²) in [7, 11) is 0. The Morgan fingerprint density at radius 3 is 2.56 bits per heavy atom. The number of aliphatic hydroxyl groups is 1. The van der Waals surface area contributed by atoms with Gasteiger partial charge in [-0.05, 0) is 6.07 Å². The van der Waals surface area contributed by atoms with Crippen LogP contribution in [0.5, 0.6) is 0 Å². The third-order valence-corrected chi connectivity index (χ3v) is 2.98. The normalized spacial score (nSPS) is 18.1. The van der Waals surface area contributed by atoms with Gasteiger partial charge < -0.3 is 10.4 Å². The first-order valence-electron chi connectivity index (χ1n) is 5.32. The molecular weight excluding hydrogens is 202 g/mol. The van der Waals surface area contributed by atoms with Gasteiger partial charge in [0, 0.05) is 18.7 Å². The summed E-state index contributed by atoms with van der Waals surface area (Å²) in [6.07, 6.45) is 0. The molecule has 3 N–H and O–H groups in total. The van der Waals surface area contributed by atoms with E-state index in [2.05, 4.69) is 15.5 Å². The van der Waals surface area contributed by atoms with Gasteiger partial charge in [-0.15, -0.1) is 0 Å². The van der Waals surface area contributed by atoms with Crippen LogP contribution in [0.2, 0.25) is 0 Å². The molecule has 82 valence electrons. The van der Waals surface area contributed by atoms with E-state index in [1.807, 2.05) is 36.4 Å². The van der Waals surface area contributed by atoms with Gasteiger partial charge in [-0.1, -0.05) is 30.3 Å². The Bertz CT molecular complexity index is 488. The van der Waals surface area contributed by atoms with E-state index >= 15 is 0 Å². The molecule has 1 saturated heterocycles. The summed E-state index contributed by atoms with van der Waals surface area (Å²) in [6.45, 7) is 1.17. The molecule has 2 heterocycles. The number of aromatic nitrogens is 2. The van der Waals surface area contributed by atoms with Crippen molar-refractivity contribution in [3.63, 3.8) is 0 Å². The van der Waals surface area contributed by atoms with E-state index in [9.17, 15) is 5.11 Å². The molecule has 1 aliphatic rings. The summed E-state index contributed by atoms with van der Waals surface area (Å²) in [6, 6.07) is 11.8. The Morgan fingerprint density at radius 1 is 1.19 bits per heavy atom. The van der Waals surface area contributed by atoms with Crippen LogP contribution >= 0.6 is 0 Å². The standard InChI is InChI=1S/C12H13N3O/c16-12(7-13-8-12)11-6-10(14-15-11)9-4-2-1-3-5-9/h1-6,13,16H,7-8H2,(H,14,15). The molecule has 3 rings (SSSR count). The molecule has 4 nitrogen and oxygen atoms in total. The monoisotopic (exact) mass is 215 g/mol. The SMILES string of the molecule is OC1(c2cc(-c3ccccc3)n[nH]2)CNC1. The average Bonchev–Trinajstić information content (AvgIpc) is 2.77. The smallest absolute Gasteiger partial charge is 0.131 e. The maximum Gasteiger partial charge on any atom is 0.131 e. The topological polar surface area (TPSA) is 60.9 Å². The lowest BCUT2D eigenvalue weighted by atomic mass is 9.93. The van der Waals surface area contributed by atoms with E-state index < -0.39 is 5.60 Å². The number of benzene rings is 1. The minimum Gasteiger partial charge on any atom is -0.381 e. The Kier molecular flexibility index (Phi) is 2.05. The molecule has 1 aliphatic heterocycles. The number of nitrogens with one attached hydrogen (secondary N) is 2. The molecule has 1 aromatic carbocycles. The van der Waals surface area contributed by atoms with Crippen LogP contribution < -0.4 is 5.32 Å². The van der Waals surface area contributed by atoms with Gasteiger partial charge in [0.05, 0.1) is 11.4 Å². The van der Waals surface area contributed by atoms with Crippen molar-refractivity contribution in [2.24, 2.45) is 0 Å². The van der Waals surface area contributed by atoms with Gasteiger partial charge in [0.1, 0.15) is 5.60 Å². The lowest BCUT2D eigenvalue weighted by Crippen LogP contribution is -2.56. The van der Waals surface area contributed by atoms with Crippen LogP contribution in [0.15, 0.2) is 36.4 Å². The maximum atomic E-state index is 10.1. The van der Waals surface area contributed by atoms with Crippen molar-refractivity contribution in [2.75, 3.05) is 13.1 Å². The van der Waals surface area contributed by atoms with Gasteiger partial charge in [0.2, 0.25) is 0 Å². The van der Waals surface area contributed by atoms with E-state index in [1.165, 1.54) is 0 Å². The third kappa shape index (κ3) is 1.43. The fourth-order valence-corrected chi connectivity index (χ4v) is 1.87. The number of nitrogens with zero attached hydrogens (tertiary/aromatic N) is 1. The van der Waals surface area contributed by atoms with E-state index in [1.54, 1.807) is 0 Å². The molecule has 0 saturated carbocycles. The van der Waals surface area contributed by atoms with Crippen molar-refractivity contribution in [1.29, 1.82) is 0 Å². The van der Waals surface area contributed by atoms with Gasteiger partial charge in [0.15, 0.2) is 0 Å². The molecule has 4 heteroatoms. The summed E-state index contributed by atoms with van der Waals surface area (Å²) in [5, 5.41) is 20.3. The highest BCUT2D eigenvalue weighted by Crippen LogP contribution is 2.26. The maximum absolute atomic E-state index is 10.1. The highest BCUT2D eigenvalue weighted by Gasteiger charge is 2.37. The van der Waals surface area contributed by atoms with Crippen molar-refractivity contribution < 1.29 is 5.11 Å². The summed E-state index contributed by atoms with van der Waals surface area (Å²) in [4.78, 5) is 0. The molecule has 0 radical (unpaired) electrons. The van der Waals surface area contributed by atoms with E-state index in [4.69, 9.17) is 0 Å². The fourth-order valence-electron chi connectivity index (χ4n) is 1.87. The number of H-pyrrole nitrogens is 1. The largest absolute Gasteiger partial charge is 0.381 e. The van der Waals surface area contributed by atoms with Gasteiger partial charge in [-0.3, -0.25) is 5.10 Å². The summed E-state index contributed by atoms with van der Waals surface area (Å²) in [5.74, 6) is 0. The fraction of sp³-hybridized carbons (Fsp3) is 0.250. The number of aromatic amines is 1. The molecule has 0 unspecified atom stereocenters. The lowest BCUT2D eigenvalue weighted by molar-refractivity contribution is -0.0186. The van der Waals surface area contributed by atoms with Crippen LogP contribution in [-0.4, -0.2) is 28.4 Å². The van der Waals surface area contributed by atoms with Gasteiger partial charge >= 0.3 is 0 Å². The first-order chi connectivity index (χ1) is 7.78. The van der Waals surface area contributed by atoms with Gasteiger partial charge in [0.25, 0.3) is 0 Å². The molecule has 16 heavy (non-hydrogen) atoms. The van der Waals surface area contributed by atoms with Crippen LogP contribution in [0, 0.1) is 0 Å². The van der Waals surface area contributed by atoms with Gasteiger partial charge in [-0.2, -0.15) is 5.10 Å². The van der Waals surface area contributed by atoms with Crippen molar-refractivity contribution in [3.8, 4) is 11.3 Å². The summed E-state index contributed by atoms with van der Waals surface area (Å²) in [5.41, 5.74) is 1.95. The number of β-amino-alcohol motifs (C(OH)–C–C–N with tert-alkyl or cyclic N) is 1. The molecule has 0 atom stereocenters. The quantitative estimate of drug-likeness (QED) is 0.696. The zero-order chi connectivity index (χ0) is 11.0. The molecule has 2 aromatic rings. The second-order valence-corrected chi connectivity index (χ2v) is 4.17. The minimum absolute atomic E-state index is 0.587. The van der Waals surface area contributed by atoms with E-state index in [0.717, 1.165) is 17.0 Å². The number of hydrogen-bond donors (Lipinski definition) is 3. The predicted octanol–water partition coefficient (Wildman–Crippen LogP) is 0.867. The number of hydrogen-bond acceptors (Lipinski definition) is 3. The van der Waals surface area contributed by atoms with Crippen molar-refractivity contribution in [3.05, 3.63) is 42.1 Å². The Balaban J connectivity index is 1.94. The van der Waals surface area contributed by atoms with Crippen LogP contribution in [-0.2, 0) is 5.60 Å². The zero-order valence-electron chi connectivity index (χ0n) is 8.77.